The van der Waals surface area contributed by atoms with Crippen molar-refractivity contribution in [1.82, 2.24) is 0 Å². The van der Waals surface area contributed by atoms with Crippen molar-refractivity contribution >= 4 is 17.6 Å². The molecule has 1 aromatic carbocycles. The molecule has 1 aliphatic heterocycles. The lowest BCUT2D eigenvalue weighted by Crippen LogP contribution is -2.42. The van der Waals surface area contributed by atoms with Gasteiger partial charge in [0.25, 0.3) is 5.79 Å². The highest BCUT2D eigenvalue weighted by molar-refractivity contribution is 6.15. The van der Waals surface area contributed by atoms with E-state index in [1.807, 2.05) is 0 Å². The summed E-state index contributed by atoms with van der Waals surface area (Å²) in [6.45, 7) is 2.90. The Morgan fingerprint density at radius 1 is 1.17 bits per heavy atom. The Hall–Kier alpha value is -2.45. The second-order valence-electron chi connectivity index (χ2n) is 5.42. The fourth-order valence-electron chi connectivity index (χ4n) is 2.14. The summed E-state index contributed by atoms with van der Waals surface area (Å²) in [6.07, 6.45) is 0.310. The number of hydrogen-bond acceptors (Lipinski definition) is 7. The molecule has 24 heavy (non-hydrogen) atoms. The van der Waals surface area contributed by atoms with Gasteiger partial charge in [-0.05, 0) is 18.2 Å². The Kier molecular flexibility index (Phi) is 5.20. The molecule has 1 aromatic rings. The first-order valence-electron chi connectivity index (χ1n) is 7.06. The summed E-state index contributed by atoms with van der Waals surface area (Å²) in [7, 11) is 2.80. The van der Waals surface area contributed by atoms with Crippen LogP contribution in [0.15, 0.2) is 30.0 Å². The number of esters is 2. The molecule has 1 saturated heterocycles. The number of halogens is 1. The van der Waals surface area contributed by atoms with E-state index >= 15 is 0 Å². The third-order valence-electron chi connectivity index (χ3n) is 3.18. The van der Waals surface area contributed by atoms with Gasteiger partial charge in [0.15, 0.2) is 11.9 Å². The molecule has 0 aromatic heterocycles. The molecule has 8 heteroatoms. The molecule has 0 saturated carbocycles. The first-order chi connectivity index (χ1) is 11.3. The van der Waals surface area contributed by atoms with Gasteiger partial charge in [-0.1, -0.05) is 0 Å². The van der Waals surface area contributed by atoms with Gasteiger partial charge in [0, 0.05) is 45.5 Å². The molecule has 1 N–H and O–H groups in total. The van der Waals surface area contributed by atoms with Crippen LogP contribution < -0.4 is 5.32 Å². The Labute approximate surface area is 138 Å². The van der Waals surface area contributed by atoms with Gasteiger partial charge in [-0.2, -0.15) is 0 Å². The van der Waals surface area contributed by atoms with E-state index in [1.165, 1.54) is 46.3 Å². The van der Waals surface area contributed by atoms with E-state index in [0.29, 0.717) is 11.3 Å². The normalized spacial score (nSPS) is 16.7. The monoisotopic (exact) mass is 339 g/mol. The minimum atomic E-state index is -1.32. The van der Waals surface area contributed by atoms with Gasteiger partial charge in [-0.3, -0.25) is 0 Å². The van der Waals surface area contributed by atoms with Crippen molar-refractivity contribution in [2.75, 3.05) is 19.5 Å². The summed E-state index contributed by atoms with van der Waals surface area (Å²) in [5, 5.41) is 2.76. The first kappa shape index (κ1) is 17.9. The maximum atomic E-state index is 13.5. The highest BCUT2D eigenvalue weighted by Gasteiger charge is 2.39. The van der Waals surface area contributed by atoms with Crippen LogP contribution in [0.25, 0.3) is 0 Å². The Morgan fingerprint density at radius 3 is 2.29 bits per heavy atom. The van der Waals surface area contributed by atoms with Crippen molar-refractivity contribution in [3.05, 3.63) is 41.4 Å². The second-order valence-corrected chi connectivity index (χ2v) is 5.42. The van der Waals surface area contributed by atoms with Crippen molar-refractivity contribution in [1.29, 1.82) is 0 Å². The van der Waals surface area contributed by atoms with E-state index in [1.54, 1.807) is 0 Å². The molecule has 0 bridgehead atoms. The molecular formula is C16H18FNO6. The average molecular weight is 339 g/mol. The van der Waals surface area contributed by atoms with Gasteiger partial charge in [0.2, 0.25) is 0 Å². The fraction of sp³-hybridized carbons (Fsp3) is 0.375. The van der Waals surface area contributed by atoms with E-state index in [2.05, 4.69) is 5.32 Å². The highest BCUT2D eigenvalue weighted by Crippen LogP contribution is 2.28. The summed E-state index contributed by atoms with van der Waals surface area (Å²) in [6, 6.07) is 3.86. The molecular weight excluding hydrogens is 321 g/mol. The van der Waals surface area contributed by atoms with Crippen LogP contribution in [0.5, 0.6) is 0 Å². The predicted octanol–water partition coefficient (Wildman–Crippen LogP) is 2.25. The van der Waals surface area contributed by atoms with E-state index in [0.717, 1.165) is 6.20 Å². The topological polar surface area (TPSA) is 83.1 Å². The maximum Gasteiger partial charge on any atom is 0.350 e. The van der Waals surface area contributed by atoms with Gasteiger partial charge in [-0.15, -0.1) is 0 Å². The number of hydrogen-bond donors (Lipinski definition) is 1. The highest BCUT2D eigenvalue weighted by atomic mass is 19.1. The zero-order valence-corrected chi connectivity index (χ0v) is 13.7. The van der Waals surface area contributed by atoms with Crippen LogP contribution >= 0.6 is 0 Å². The van der Waals surface area contributed by atoms with Crippen LogP contribution in [0.4, 0.5) is 10.1 Å². The van der Waals surface area contributed by atoms with Crippen molar-refractivity contribution in [2.24, 2.45) is 0 Å². The van der Waals surface area contributed by atoms with Crippen LogP contribution in [0.2, 0.25) is 0 Å². The molecule has 7 nitrogen and oxygen atoms in total. The number of carbonyl (C=O) groups excluding carboxylic acids is 2. The van der Waals surface area contributed by atoms with E-state index in [-0.39, 0.29) is 5.57 Å². The zero-order valence-electron chi connectivity index (χ0n) is 13.7. The molecule has 0 unspecified atom stereocenters. The molecule has 0 amide bonds. The van der Waals surface area contributed by atoms with Crippen LogP contribution in [-0.4, -0.2) is 31.9 Å². The predicted molar refractivity (Wildman–Crippen MR) is 81.1 cm³/mol. The number of carbonyl (C=O) groups is 2. The van der Waals surface area contributed by atoms with Gasteiger partial charge >= 0.3 is 11.9 Å². The summed E-state index contributed by atoms with van der Waals surface area (Å²) >= 11 is 0. The van der Waals surface area contributed by atoms with Gasteiger partial charge < -0.3 is 24.3 Å². The fourth-order valence-corrected chi connectivity index (χ4v) is 2.14. The SMILES string of the molecule is COC(OC)c1cc(F)ccc1NC=C1C(=O)OC(C)(C)OC1=O. The second kappa shape index (κ2) is 6.98. The van der Waals surface area contributed by atoms with Crippen molar-refractivity contribution < 1.29 is 32.9 Å². The van der Waals surface area contributed by atoms with Crippen LogP contribution in [-0.2, 0) is 28.5 Å². The van der Waals surface area contributed by atoms with E-state index < -0.39 is 29.8 Å². The first-order valence-corrected chi connectivity index (χ1v) is 7.06. The quantitative estimate of drug-likeness (QED) is 0.381. The molecule has 2 rings (SSSR count). The third kappa shape index (κ3) is 3.90. The zero-order chi connectivity index (χ0) is 17.9. The largest absolute Gasteiger partial charge is 0.419 e. The van der Waals surface area contributed by atoms with E-state index in [4.69, 9.17) is 18.9 Å². The minimum absolute atomic E-state index is 0.309. The number of benzene rings is 1. The molecule has 1 fully saturated rings. The third-order valence-corrected chi connectivity index (χ3v) is 3.18. The average Bonchev–Trinajstić information content (AvgIpc) is 2.48. The van der Waals surface area contributed by atoms with Gasteiger partial charge in [0.05, 0.1) is 0 Å². The lowest BCUT2D eigenvalue weighted by molar-refractivity contribution is -0.222. The Bertz CT molecular complexity index is 659. The van der Waals surface area contributed by atoms with Crippen LogP contribution in [0, 0.1) is 5.82 Å². The Morgan fingerprint density at radius 2 is 1.75 bits per heavy atom. The number of anilines is 1. The number of ether oxygens (including phenoxy) is 4. The summed E-state index contributed by atoms with van der Waals surface area (Å²) in [5.41, 5.74) is 0.439. The van der Waals surface area contributed by atoms with Crippen molar-refractivity contribution in [2.45, 2.75) is 25.9 Å². The molecule has 1 heterocycles. The van der Waals surface area contributed by atoms with Crippen molar-refractivity contribution in [3.8, 4) is 0 Å². The molecule has 0 atom stereocenters. The smallest absolute Gasteiger partial charge is 0.350 e. The van der Waals surface area contributed by atoms with Crippen LogP contribution in [0.3, 0.4) is 0 Å². The number of methoxy groups -OCH3 is 2. The summed E-state index contributed by atoms with van der Waals surface area (Å²) in [4.78, 5) is 23.8. The number of cyclic esters (lactones) is 2. The van der Waals surface area contributed by atoms with E-state index in [9.17, 15) is 14.0 Å². The summed E-state index contributed by atoms with van der Waals surface area (Å²) < 4.78 is 33.7. The number of nitrogens with one attached hydrogen (secondary N) is 1. The van der Waals surface area contributed by atoms with Gasteiger partial charge in [-0.25, -0.2) is 14.0 Å². The lowest BCUT2D eigenvalue weighted by atomic mass is 10.1. The minimum Gasteiger partial charge on any atom is -0.419 e. The molecule has 0 spiro atoms. The maximum absolute atomic E-state index is 13.5. The molecule has 130 valence electrons. The number of rotatable bonds is 5. The summed E-state index contributed by atoms with van der Waals surface area (Å²) in [5.74, 6) is -3.44. The molecule has 1 aliphatic rings. The van der Waals surface area contributed by atoms with Crippen LogP contribution in [0.1, 0.15) is 25.7 Å². The van der Waals surface area contributed by atoms with Gasteiger partial charge in [0.1, 0.15) is 5.82 Å². The molecule has 0 radical (unpaired) electrons. The lowest BCUT2D eigenvalue weighted by Gasteiger charge is -2.29. The Balaban J connectivity index is 2.29. The molecule has 0 aliphatic carbocycles. The van der Waals surface area contributed by atoms with Crippen molar-refractivity contribution in [3.63, 3.8) is 0 Å². The standard InChI is InChI=1S/C16H18FNO6/c1-16(2)23-13(19)11(14(20)24-16)8-18-12-6-5-9(17)7-10(12)15(21-3)22-4/h5-8,15,18H,1-4H3.